The molecule has 1 unspecified atom stereocenters. The van der Waals surface area contributed by atoms with Gasteiger partial charge in [-0.2, -0.15) is 0 Å². The first kappa shape index (κ1) is 15.9. The standard InChI is InChI=1S/C15H16BrClN2S/c1-20-13-6-3-10(4-7-13)15(19-18)8-11-2-5-12(16)9-14(11)17/h2-7,9,15,19H,8,18H2,1H3. The van der Waals surface area contributed by atoms with Gasteiger partial charge < -0.3 is 0 Å². The summed E-state index contributed by atoms with van der Waals surface area (Å²) < 4.78 is 0.979. The first-order chi connectivity index (χ1) is 9.63. The topological polar surface area (TPSA) is 38.0 Å². The fourth-order valence-corrected chi connectivity index (χ4v) is 3.18. The normalized spacial score (nSPS) is 12.4. The van der Waals surface area contributed by atoms with Gasteiger partial charge in [-0.1, -0.05) is 45.7 Å². The lowest BCUT2D eigenvalue weighted by atomic mass is 9.99. The van der Waals surface area contributed by atoms with Crippen LogP contribution in [-0.4, -0.2) is 6.26 Å². The number of rotatable bonds is 5. The molecule has 0 saturated heterocycles. The highest BCUT2D eigenvalue weighted by Gasteiger charge is 2.12. The smallest absolute Gasteiger partial charge is 0.0500 e. The quantitative estimate of drug-likeness (QED) is 0.459. The Morgan fingerprint density at radius 2 is 1.95 bits per heavy atom. The van der Waals surface area contributed by atoms with Gasteiger partial charge in [0.2, 0.25) is 0 Å². The predicted octanol–water partition coefficient (Wildman–Crippen LogP) is 4.57. The fraction of sp³-hybridized carbons (Fsp3) is 0.200. The summed E-state index contributed by atoms with van der Waals surface area (Å²) in [6, 6.07) is 14.4. The molecule has 0 fully saturated rings. The zero-order valence-electron chi connectivity index (χ0n) is 11.1. The number of nitrogens with two attached hydrogens (primary N) is 1. The first-order valence-electron chi connectivity index (χ1n) is 6.18. The number of hydrogen-bond donors (Lipinski definition) is 2. The van der Waals surface area contributed by atoms with Crippen LogP contribution in [0.2, 0.25) is 5.02 Å². The molecule has 2 aromatic rings. The number of halogens is 2. The van der Waals surface area contributed by atoms with E-state index >= 15 is 0 Å². The summed E-state index contributed by atoms with van der Waals surface area (Å²) in [6.45, 7) is 0. The lowest BCUT2D eigenvalue weighted by Crippen LogP contribution is -2.29. The van der Waals surface area contributed by atoms with Crippen molar-refractivity contribution in [3.8, 4) is 0 Å². The minimum Gasteiger partial charge on any atom is -0.271 e. The van der Waals surface area contributed by atoms with Gasteiger partial charge in [-0.3, -0.25) is 11.3 Å². The number of hydrogen-bond acceptors (Lipinski definition) is 3. The van der Waals surface area contributed by atoms with Crippen molar-refractivity contribution in [2.45, 2.75) is 17.4 Å². The number of thioether (sulfide) groups is 1. The molecule has 0 aliphatic carbocycles. The van der Waals surface area contributed by atoms with Gasteiger partial charge in [-0.05, 0) is 48.1 Å². The molecule has 20 heavy (non-hydrogen) atoms. The minimum atomic E-state index is 0.0459. The van der Waals surface area contributed by atoms with E-state index in [2.05, 4.69) is 51.9 Å². The number of hydrazine groups is 1. The van der Waals surface area contributed by atoms with Crippen LogP contribution >= 0.6 is 39.3 Å². The van der Waals surface area contributed by atoms with Crippen molar-refractivity contribution in [1.82, 2.24) is 5.43 Å². The van der Waals surface area contributed by atoms with E-state index in [1.54, 1.807) is 11.8 Å². The van der Waals surface area contributed by atoms with Crippen LogP contribution in [0.1, 0.15) is 17.2 Å². The molecule has 0 amide bonds. The van der Waals surface area contributed by atoms with Crippen LogP contribution in [0, 0.1) is 0 Å². The second-order valence-electron chi connectivity index (χ2n) is 4.43. The molecular formula is C15H16BrClN2S. The summed E-state index contributed by atoms with van der Waals surface area (Å²) in [5.74, 6) is 5.70. The molecule has 0 spiro atoms. The molecule has 0 aliphatic rings. The Kier molecular flexibility index (Phi) is 5.93. The van der Waals surface area contributed by atoms with Gasteiger partial charge >= 0.3 is 0 Å². The van der Waals surface area contributed by atoms with Gasteiger partial charge in [0.05, 0.1) is 6.04 Å². The van der Waals surface area contributed by atoms with Crippen LogP contribution in [-0.2, 0) is 6.42 Å². The second-order valence-corrected chi connectivity index (χ2v) is 6.63. The number of benzene rings is 2. The SMILES string of the molecule is CSc1ccc(C(Cc2ccc(Br)cc2Cl)NN)cc1. The van der Waals surface area contributed by atoms with Crippen molar-refractivity contribution in [3.63, 3.8) is 0 Å². The summed E-state index contributed by atoms with van der Waals surface area (Å²) in [7, 11) is 0. The average molecular weight is 372 g/mol. The summed E-state index contributed by atoms with van der Waals surface area (Å²) in [5.41, 5.74) is 5.10. The Morgan fingerprint density at radius 3 is 2.50 bits per heavy atom. The van der Waals surface area contributed by atoms with Gasteiger partial charge in [0.1, 0.15) is 0 Å². The highest BCUT2D eigenvalue weighted by atomic mass is 79.9. The van der Waals surface area contributed by atoms with E-state index in [4.69, 9.17) is 17.4 Å². The van der Waals surface area contributed by atoms with Crippen molar-refractivity contribution >= 4 is 39.3 Å². The van der Waals surface area contributed by atoms with Crippen molar-refractivity contribution in [3.05, 3.63) is 63.1 Å². The van der Waals surface area contributed by atoms with Gasteiger partial charge in [0, 0.05) is 14.4 Å². The van der Waals surface area contributed by atoms with Crippen molar-refractivity contribution in [2.75, 3.05) is 6.26 Å². The molecule has 0 aliphatic heterocycles. The van der Waals surface area contributed by atoms with E-state index in [1.807, 2.05) is 18.2 Å². The van der Waals surface area contributed by atoms with Crippen LogP contribution in [0.5, 0.6) is 0 Å². The molecule has 2 rings (SSSR count). The van der Waals surface area contributed by atoms with Crippen LogP contribution < -0.4 is 11.3 Å². The van der Waals surface area contributed by atoms with Crippen molar-refractivity contribution in [2.24, 2.45) is 5.84 Å². The number of nitrogens with one attached hydrogen (secondary N) is 1. The highest BCUT2D eigenvalue weighted by Crippen LogP contribution is 2.27. The van der Waals surface area contributed by atoms with Gasteiger partial charge in [0.25, 0.3) is 0 Å². The molecule has 0 radical (unpaired) electrons. The molecule has 3 N–H and O–H groups in total. The average Bonchev–Trinajstić information content (AvgIpc) is 2.47. The molecular weight excluding hydrogens is 356 g/mol. The summed E-state index contributed by atoms with van der Waals surface area (Å²) in [4.78, 5) is 1.24. The van der Waals surface area contributed by atoms with E-state index in [0.717, 1.165) is 27.0 Å². The molecule has 5 heteroatoms. The monoisotopic (exact) mass is 370 g/mol. The van der Waals surface area contributed by atoms with E-state index in [9.17, 15) is 0 Å². The van der Waals surface area contributed by atoms with Crippen LogP contribution in [0.3, 0.4) is 0 Å². The Morgan fingerprint density at radius 1 is 1.25 bits per heavy atom. The molecule has 0 saturated carbocycles. The zero-order chi connectivity index (χ0) is 14.5. The molecule has 0 aromatic heterocycles. The molecule has 1 atom stereocenters. The van der Waals surface area contributed by atoms with Crippen molar-refractivity contribution < 1.29 is 0 Å². The zero-order valence-corrected chi connectivity index (χ0v) is 14.2. The van der Waals surface area contributed by atoms with Gasteiger partial charge in [-0.25, -0.2) is 0 Å². The Hall–Kier alpha value is -0.520. The maximum Gasteiger partial charge on any atom is 0.0500 e. The third-order valence-electron chi connectivity index (χ3n) is 3.16. The largest absolute Gasteiger partial charge is 0.271 e. The second kappa shape index (κ2) is 7.48. The molecule has 0 bridgehead atoms. The predicted molar refractivity (Wildman–Crippen MR) is 91.1 cm³/mol. The lowest BCUT2D eigenvalue weighted by Gasteiger charge is -2.17. The molecule has 0 heterocycles. The maximum absolute atomic E-state index is 6.26. The van der Waals surface area contributed by atoms with E-state index in [0.29, 0.717) is 0 Å². The van der Waals surface area contributed by atoms with Crippen LogP contribution in [0.25, 0.3) is 0 Å². The minimum absolute atomic E-state index is 0.0459. The highest BCUT2D eigenvalue weighted by molar-refractivity contribution is 9.10. The Bertz CT molecular complexity index is 575. The fourth-order valence-electron chi connectivity index (χ4n) is 2.02. The van der Waals surface area contributed by atoms with Crippen LogP contribution in [0.15, 0.2) is 51.8 Å². The molecule has 106 valence electrons. The molecule has 2 aromatic carbocycles. The van der Waals surface area contributed by atoms with Crippen molar-refractivity contribution in [1.29, 1.82) is 0 Å². The Balaban J connectivity index is 2.19. The lowest BCUT2D eigenvalue weighted by molar-refractivity contribution is 0.551. The first-order valence-corrected chi connectivity index (χ1v) is 8.57. The van der Waals surface area contributed by atoms with E-state index < -0.39 is 0 Å². The summed E-state index contributed by atoms with van der Waals surface area (Å²) in [6.07, 6.45) is 2.82. The van der Waals surface area contributed by atoms with Gasteiger partial charge in [0.15, 0.2) is 0 Å². The third kappa shape index (κ3) is 3.99. The summed E-state index contributed by atoms with van der Waals surface area (Å²) in [5, 5.41) is 0.750. The van der Waals surface area contributed by atoms with E-state index in [1.165, 1.54) is 4.90 Å². The van der Waals surface area contributed by atoms with E-state index in [-0.39, 0.29) is 6.04 Å². The maximum atomic E-state index is 6.26. The summed E-state index contributed by atoms with van der Waals surface area (Å²) >= 11 is 11.4. The Labute approximate surface area is 137 Å². The molecule has 2 nitrogen and oxygen atoms in total. The van der Waals surface area contributed by atoms with Gasteiger partial charge in [-0.15, -0.1) is 11.8 Å². The third-order valence-corrected chi connectivity index (χ3v) is 4.75. The van der Waals surface area contributed by atoms with Crippen LogP contribution in [0.4, 0.5) is 0 Å².